The monoisotopic (exact) mass is 519 g/mol. The molecule has 0 radical (unpaired) electrons. The summed E-state index contributed by atoms with van der Waals surface area (Å²) in [5.41, 5.74) is 5.35. The lowest BCUT2D eigenvalue weighted by Crippen LogP contribution is -2.46. The van der Waals surface area contributed by atoms with Crippen LogP contribution in [-0.2, 0) is 24.1 Å². The number of amides is 2. The molecule has 3 heterocycles. The number of ether oxygens (including phenoxy) is 1. The molecule has 1 saturated heterocycles. The van der Waals surface area contributed by atoms with Crippen LogP contribution in [0.5, 0.6) is 0 Å². The lowest BCUT2D eigenvalue weighted by atomic mass is 9.86. The van der Waals surface area contributed by atoms with Crippen molar-refractivity contribution in [3.63, 3.8) is 0 Å². The minimum atomic E-state index is -0.569. The van der Waals surface area contributed by atoms with Gasteiger partial charge < -0.3 is 19.6 Å². The van der Waals surface area contributed by atoms with Crippen LogP contribution < -0.4 is 0 Å². The quantitative estimate of drug-likeness (QED) is 0.641. The van der Waals surface area contributed by atoms with Crippen molar-refractivity contribution >= 4 is 12.0 Å². The van der Waals surface area contributed by atoms with Gasteiger partial charge in [-0.05, 0) is 80.7 Å². The van der Waals surface area contributed by atoms with Crippen LogP contribution in [0.3, 0.4) is 0 Å². The smallest absolute Gasteiger partial charge is 0.410 e. The van der Waals surface area contributed by atoms with Crippen molar-refractivity contribution < 1.29 is 19.4 Å². The van der Waals surface area contributed by atoms with Crippen molar-refractivity contribution in [3.8, 4) is 0 Å². The number of aliphatic hydroxyl groups excluding tert-OH is 1. The molecule has 0 spiro atoms. The first-order chi connectivity index (χ1) is 18.2. The minimum absolute atomic E-state index is 0.0144. The largest absolute Gasteiger partial charge is 0.444 e. The molecule has 1 atom stereocenters. The molecule has 0 saturated carbocycles. The Morgan fingerprint density at radius 1 is 0.974 bits per heavy atom. The van der Waals surface area contributed by atoms with Crippen LogP contribution in [0.15, 0.2) is 42.5 Å². The predicted octanol–water partition coefficient (Wildman–Crippen LogP) is 4.22. The van der Waals surface area contributed by atoms with Crippen LogP contribution in [0.2, 0.25) is 0 Å². The maximum absolute atomic E-state index is 13.3. The van der Waals surface area contributed by atoms with E-state index in [9.17, 15) is 14.7 Å². The molecule has 2 aromatic carbocycles. The van der Waals surface area contributed by atoms with E-state index < -0.39 is 11.7 Å². The number of fused-ring (bicyclic) bond motifs is 2. The number of likely N-dealkylation sites (tertiary alicyclic amines) is 1. The molecule has 0 aromatic heterocycles. The van der Waals surface area contributed by atoms with E-state index in [1.54, 1.807) is 4.90 Å². The highest BCUT2D eigenvalue weighted by Gasteiger charge is 2.30. The van der Waals surface area contributed by atoms with Gasteiger partial charge in [-0.15, -0.1) is 0 Å². The summed E-state index contributed by atoms with van der Waals surface area (Å²) in [6.45, 7) is 10.4. The molecule has 3 aliphatic heterocycles. The number of hydrogen-bond donors (Lipinski definition) is 1. The number of carbonyl (C=O) groups is 2. The maximum atomic E-state index is 13.3. The van der Waals surface area contributed by atoms with Crippen molar-refractivity contribution in [3.05, 3.63) is 70.3 Å². The van der Waals surface area contributed by atoms with E-state index in [4.69, 9.17) is 4.74 Å². The van der Waals surface area contributed by atoms with E-state index in [1.807, 2.05) is 31.7 Å². The zero-order valence-electron chi connectivity index (χ0n) is 23.0. The molecule has 3 aliphatic rings. The minimum Gasteiger partial charge on any atom is -0.444 e. The number of hydrogen-bond acceptors (Lipinski definition) is 5. The van der Waals surface area contributed by atoms with E-state index in [0.29, 0.717) is 38.6 Å². The number of piperidine rings is 1. The van der Waals surface area contributed by atoms with Crippen molar-refractivity contribution in [2.45, 2.75) is 70.6 Å². The SMILES string of the molecule is CC(C)(C)OC(=O)N1CCC(c2ccc3c(c2)CCN(CC(O)CN2CCc4ccccc4C2)C3=O)CC1. The highest BCUT2D eigenvalue weighted by molar-refractivity contribution is 5.96. The molecular weight excluding hydrogens is 478 g/mol. The summed E-state index contributed by atoms with van der Waals surface area (Å²) >= 11 is 0. The van der Waals surface area contributed by atoms with Gasteiger partial charge in [0.2, 0.25) is 0 Å². The van der Waals surface area contributed by atoms with Gasteiger partial charge in [-0.3, -0.25) is 9.69 Å². The fraction of sp³-hybridized carbons (Fsp3) is 0.548. The van der Waals surface area contributed by atoms with E-state index in [2.05, 4.69) is 41.3 Å². The molecule has 2 amide bonds. The summed E-state index contributed by atoms with van der Waals surface area (Å²) in [5, 5.41) is 10.8. The zero-order chi connectivity index (χ0) is 26.9. The van der Waals surface area contributed by atoms with Crippen LogP contribution in [0, 0.1) is 0 Å². The molecular formula is C31H41N3O4. The highest BCUT2D eigenvalue weighted by atomic mass is 16.6. The number of carbonyl (C=O) groups excluding carboxylic acids is 2. The Bertz CT molecular complexity index is 1170. The van der Waals surface area contributed by atoms with Gasteiger partial charge in [-0.2, -0.15) is 0 Å². The van der Waals surface area contributed by atoms with Crippen molar-refractivity contribution in [1.82, 2.24) is 14.7 Å². The molecule has 7 heteroatoms. The Labute approximate surface area is 226 Å². The van der Waals surface area contributed by atoms with Gasteiger partial charge in [0.15, 0.2) is 0 Å². The molecule has 0 bridgehead atoms. The average Bonchev–Trinajstić information content (AvgIpc) is 2.89. The van der Waals surface area contributed by atoms with Gasteiger partial charge in [0.05, 0.1) is 6.10 Å². The first-order valence-electron chi connectivity index (χ1n) is 14.0. The van der Waals surface area contributed by atoms with Gasteiger partial charge in [0.1, 0.15) is 5.60 Å². The summed E-state index contributed by atoms with van der Waals surface area (Å²) in [6, 6.07) is 14.7. The lowest BCUT2D eigenvalue weighted by Gasteiger charge is -2.35. The van der Waals surface area contributed by atoms with Gasteiger partial charge >= 0.3 is 6.09 Å². The van der Waals surface area contributed by atoms with Crippen LogP contribution in [0.1, 0.15) is 72.1 Å². The van der Waals surface area contributed by atoms with Crippen LogP contribution in [0.4, 0.5) is 4.79 Å². The lowest BCUT2D eigenvalue weighted by molar-refractivity contribution is 0.0204. The van der Waals surface area contributed by atoms with Gasteiger partial charge in [-0.1, -0.05) is 36.4 Å². The zero-order valence-corrected chi connectivity index (χ0v) is 23.0. The Morgan fingerprint density at radius 2 is 1.68 bits per heavy atom. The third kappa shape index (κ3) is 6.21. The Balaban J connectivity index is 1.14. The standard InChI is InChI=1S/C31H41N3O4/c1-31(2,3)38-30(37)33-15-11-23(12-16-33)24-8-9-28-25(18-24)13-17-34(29(28)36)21-27(35)20-32-14-10-22-6-4-5-7-26(22)19-32/h4-9,18,23,27,35H,10-17,19-21H2,1-3H3. The number of β-amino-alcohol motifs (C(OH)–C–C–N with tert-alkyl or cyclic N) is 1. The number of nitrogens with zero attached hydrogens (tertiary/aromatic N) is 3. The average molecular weight is 520 g/mol. The molecule has 1 unspecified atom stereocenters. The first-order valence-corrected chi connectivity index (χ1v) is 14.0. The predicted molar refractivity (Wildman–Crippen MR) is 147 cm³/mol. The van der Waals surface area contributed by atoms with Crippen LogP contribution >= 0.6 is 0 Å². The highest BCUT2D eigenvalue weighted by Crippen LogP contribution is 2.31. The molecule has 2 aromatic rings. The maximum Gasteiger partial charge on any atom is 0.410 e. The van der Waals surface area contributed by atoms with E-state index in [1.165, 1.54) is 16.7 Å². The van der Waals surface area contributed by atoms with E-state index in [-0.39, 0.29) is 12.0 Å². The number of aliphatic hydroxyl groups is 1. The third-order valence-corrected chi connectivity index (χ3v) is 8.03. The molecule has 1 N–H and O–H groups in total. The fourth-order valence-corrected chi connectivity index (χ4v) is 6.03. The topological polar surface area (TPSA) is 73.3 Å². The number of benzene rings is 2. The molecule has 38 heavy (non-hydrogen) atoms. The summed E-state index contributed by atoms with van der Waals surface area (Å²) in [5.74, 6) is 0.393. The summed E-state index contributed by atoms with van der Waals surface area (Å²) in [6.07, 6.45) is 2.78. The van der Waals surface area contributed by atoms with Crippen molar-refractivity contribution in [1.29, 1.82) is 0 Å². The first kappa shape index (κ1) is 26.7. The van der Waals surface area contributed by atoms with Crippen molar-refractivity contribution in [2.75, 3.05) is 39.3 Å². The van der Waals surface area contributed by atoms with Gasteiger partial charge in [0, 0.05) is 51.4 Å². The van der Waals surface area contributed by atoms with Crippen LogP contribution in [0.25, 0.3) is 0 Å². The Morgan fingerprint density at radius 3 is 2.42 bits per heavy atom. The summed E-state index contributed by atoms with van der Waals surface area (Å²) in [7, 11) is 0. The second-order valence-electron chi connectivity index (χ2n) is 12.1. The van der Waals surface area contributed by atoms with Gasteiger partial charge in [0.25, 0.3) is 5.91 Å². The molecule has 204 valence electrons. The summed E-state index contributed by atoms with van der Waals surface area (Å²) < 4.78 is 5.52. The van der Waals surface area contributed by atoms with E-state index >= 15 is 0 Å². The normalized spacial score (nSPS) is 19.6. The number of rotatable bonds is 5. The van der Waals surface area contributed by atoms with Crippen LogP contribution in [-0.4, -0.2) is 82.8 Å². The molecule has 1 fully saturated rings. The molecule has 5 rings (SSSR count). The molecule has 0 aliphatic carbocycles. The fourth-order valence-electron chi connectivity index (χ4n) is 6.03. The second-order valence-corrected chi connectivity index (χ2v) is 12.1. The Hall–Kier alpha value is -2.90. The van der Waals surface area contributed by atoms with E-state index in [0.717, 1.165) is 49.9 Å². The Kier molecular flexibility index (Phi) is 7.78. The van der Waals surface area contributed by atoms with Gasteiger partial charge in [-0.25, -0.2) is 4.79 Å². The second kappa shape index (κ2) is 11.1. The van der Waals surface area contributed by atoms with Crippen molar-refractivity contribution in [2.24, 2.45) is 0 Å². The molecule has 7 nitrogen and oxygen atoms in total. The summed E-state index contributed by atoms with van der Waals surface area (Å²) in [4.78, 5) is 31.6. The third-order valence-electron chi connectivity index (χ3n) is 8.03.